The van der Waals surface area contributed by atoms with Crippen LogP contribution in [0.15, 0.2) is 24.3 Å². The Hall–Kier alpha value is -1.64. The summed E-state index contributed by atoms with van der Waals surface area (Å²) in [6.07, 6.45) is 1.89. The van der Waals surface area contributed by atoms with Gasteiger partial charge in [-0.3, -0.25) is 9.59 Å². The van der Waals surface area contributed by atoms with Crippen molar-refractivity contribution >= 4 is 17.4 Å². The minimum absolute atomic E-state index is 0.320. The van der Waals surface area contributed by atoms with Crippen molar-refractivity contribution in [2.75, 3.05) is 11.4 Å². The number of rotatable bonds is 1. The number of fused-ring (bicyclic) bond motifs is 1. The Labute approximate surface area is 108 Å². The average molecular weight is 245 g/mol. The molecule has 1 aromatic rings. The zero-order valence-corrected chi connectivity index (χ0v) is 11.2. The molecule has 0 bridgehead atoms. The zero-order valence-electron chi connectivity index (χ0n) is 11.2. The molecule has 0 N–H and O–H groups in total. The van der Waals surface area contributed by atoms with Gasteiger partial charge in [-0.05, 0) is 24.5 Å². The molecule has 0 aliphatic carbocycles. The number of amides is 1. The quantitative estimate of drug-likeness (QED) is 0.713. The maximum absolute atomic E-state index is 12.3. The molecule has 1 amide bonds. The van der Waals surface area contributed by atoms with Gasteiger partial charge in [0, 0.05) is 17.6 Å². The molecule has 0 radical (unpaired) electrons. The van der Waals surface area contributed by atoms with Crippen LogP contribution in [-0.2, 0) is 16.0 Å². The highest BCUT2D eigenvalue weighted by molar-refractivity contribution is 6.42. The van der Waals surface area contributed by atoms with Crippen LogP contribution in [0.3, 0.4) is 0 Å². The first-order valence-corrected chi connectivity index (χ1v) is 6.35. The van der Waals surface area contributed by atoms with Crippen LogP contribution < -0.4 is 4.90 Å². The predicted molar refractivity (Wildman–Crippen MR) is 71.6 cm³/mol. The Bertz CT molecular complexity index is 486. The van der Waals surface area contributed by atoms with Gasteiger partial charge >= 0.3 is 0 Å². The number of aryl methyl sites for hydroxylation is 1. The van der Waals surface area contributed by atoms with E-state index < -0.39 is 5.41 Å². The van der Waals surface area contributed by atoms with Crippen LogP contribution in [0.2, 0.25) is 0 Å². The number of nitrogens with zero attached hydrogens (tertiary/aromatic N) is 1. The summed E-state index contributed by atoms with van der Waals surface area (Å²) < 4.78 is 0. The molecule has 96 valence electrons. The molecule has 0 aromatic heterocycles. The molecule has 3 nitrogen and oxygen atoms in total. The number of anilines is 1. The molecule has 3 heteroatoms. The minimum Gasteiger partial charge on any atom is -0.306 e. The first-order valence-electron chi connectivity index (χ1n) is 6.35. The SMILES string of the molecule is CC(C)(C)C(=O)C(=O)N1CCCc2ccccc21. The topological polar surface area (TPSA) is 37.4 Å². The summed E-state index contributed by atoms with van der Waals surface area (Å²) in [5.74, 6) is -0.700. The van der Waals surface area contributed by atoms with Crippen molar-refractivity contribution in [3.05, 3.63) is 29.8 Å². The minimum atomic E-state index is -0.622. The van der Waals surface area contributed by atoms with E-state index in [1.54, 1.807) is 25.7 Å². The van der Waals surface area contributed by atoms with Crippen LogP contribution in [0.5, 0.6) is 0 Å². The molecule has 0 fully saturated rings. The smallest absolute Gasteiger partial charge is 0.294 e. The first-order chi connectivity index (χ1) is 8.41. The van der Waals surface area contributed by atoms with E-state index in [4.69, 9.17) is 0 Å². The molecule has 1 aliphatic rings. The predicted octanol–water partition coefficient (Wildman–Crippen LogP) is 2.58. The number of hydrogen-bond acceptors (Lipinski definition) is 2. The van der Waals surface area contributed by atoms with Crippen LogP contribution >= 0.6 is 0 Å². The number of hydrogen-bond donors (Lipinski definition) is 0. The molecular weight excluding hydrogens is 226 g/mol. The van der Waals surface area contributed by atoms with E-state index in [9.17, 15) is 9.59 Å². The van der Waals surface area contributed by atoms with Crippen LogP contribution in [0.25, 0.3) is 0 Å². The second-order valence-corrected chi connectivity index (χ2v) is 5.77. The van der Waals surface area contributed by atoms with Crippen LogP contribution in [0, 0.1) is 5.41 Å². The highest BCUT2D eigenvalue weighted by Crippen LogP contribution is 2.28. The molecule has 0 saturated carbocycles. The first kappa shape index (κ1) is 12.8. The molecule has 0 unspecified atom stereocenters. The summed E-state index contributed by atoms with van der Waals surface area (Å²) >= 11 is 0. The molecule has 0 spiro atoms. The van der Waals surface area contributed by atoms with E-state index in [-0.39, 0.29) is 11.7 Å². The van der Waals surface area contributed by atoms with Gasteiger partial charge in [0.2, 0.25) is 5.78 Å². The molecular formula is C15H19NO2. The number of benzene rings is 1. The lowest BCUT2D eigenvalue weighted by Crippen LogP contribution is -2.44. The number of para-hydroxylation sites is 1. The summed E-state index contributed by atoms with van der Waals surface area (Å²) in [7, 11) is 0. The lowest BCUT2D eigenvalue weighted by atomic mass is 9.89. The van der Waals surface area contributed by atoms with E-state index in [2.05, 4.69) is 0 Å². The third-order valence-electron chi connectivity index (χ3n) is 3.23. The number of carbonyl (C=O) groups is 2. The third-order valence-corrected chi connectivity index (χ3v) is 3.23. The van der Waals surface area contributed by atoms with E-state index in [0.717, 1.165) is 24.1 Å². The van der Waals surface area contributed by atoms with Gasteiger partial charge in [-0.25, -0.2) is 0 Å². The Morgan fingerprint density at radius 2 is 1.83 bits per heavy atom. The van der Waals surface area contributed by atoms with Crippen LogP contribution in [0.4, 0.5) is 5.69 Å². The van der Waals surface area contributed by atoms with E-state index in [0.29, 0.717) is 6.54 Å². The fourth-order valence-corrected chi connectivity index (χ4v) is 2.19. The van der Waals surface area contributed by atoms with Gasteiger partial charge in [-0.1, -0.05) is 39.0 Å². The Kier molecular flexibility index (Phi) is 3.24. The zero-order chi connectivity index (χ0) is 13.3. The largest absolute Gasteiger partial charge is 0.306 e. The highest BCUT2D eigenvalue weighted by Gasteiger charge is 2.34. The Balaban J connectivity index is 2.31. The van der Waals surface area contributed by atoms with Crippen molar-refractivity contribution in [3.8, 4) is 0 Å². The van der Waals surface area contributed by atoms with Crippen molar-refractivity contribution in [3.63, 3.8) is 0 Å². The summed E-state index contributed by atoms with van der Waals surface area (Å²) in [4.78, 5) is 26.0. The van der Waals surface area contributed by atoms with Gasteiger partial charge in [0.1, 0.15) is 0 Å². The fourth-order valence-electron chi connectivity index (χ4n) is 2.19. The molecule has 0 atom stereocenters. The molecule has 1 aliphatic heterocycles. The summed E-state index contributed by atoms with van der Waals surface area (Å²) in [6.45, 7) is 5.98. The fraction of sp³-hybridized carbons (Fsp3) is 0.467. The third kappa shape index (κ3) is 2.30. The average Bonchev–Trinajstić information content (AvgIpc) is 2.35. The molecule has 1 aromatic carbocycles. The maximum atomic E-state index is 12.3. The number of Topliss-reactive ketones (excluding diaryl/α,β-unsaturated/α-hetero) is 1. The maximum Gasteiger partial charge on any atom is 0.294 e. The molecule has 2 rings (SSSR count). The number of carbonyl (C=O) groups excluding carboxylic acids is 2. The second kappa shape index (κ2) is 4.56. The van der Waals surface area contributed by atoms with Gasteiger partial charge in [0.15, 0.2) is 0 Å². The van der Waals surface area contributed by atoms with Crippen LogP contribution in [0.1, 0.15) is 32.8 Å². The van der Waals surface area contributed by atoms with Gasteiger partial charge in [-0.15, -0.1) is 0 Å². The summed E-state index contributed by atoms with van der Waals surface area (Å²) in [5.41, 5.74) is 1.42. The standard InChI is InChI=1S/C15H19NO2/c1-15(2,3)13(17)14(18)16-10-6-8-11-7-4-5-9-12(11)16/h4-5,7,9H,6,8,10H2,1-3H3. The molecule has 18 heavy (non-hydrogen) atoms. The molecule has 0 saturated heterocycles. The van der Waals surface area contributed by atoms with Crippen molar-refractivity contribution < 1.29 is 9.59 Å². The van der Waals surface area contributed by atoms with Gasteiger partial charge < -0.3 is 4.90 Å². The van der Waals surface area contributed by atoms with Crippen molar-refractivity contribution in [2.24, 2.45) is 5.41 Å². The Morgan fingerprint density at radius 3 is 2.50 bits per heavy atom. The van der Waals surface area contributed by atoms with E-state index in [1.165, 1.54) is 0 Å². The van der Waals surface area contributed by atoms with Crippen molar-refractivity contribution in [1.82, 2.24) is 0 Å². The monoisotopic (exact) mass is 245 g/mol. The van der Waals surface area contributed by atoms with Gasteiger partial charge in [-0.2, -0.15) is 0 Å². The van der Waals surface area contributed by atoms with Crippen molar-refractivity contribution in [1.29, 1.82) is 0 Å². The molecule has 1 heterocycles. The number of ketones is 1. The van der Waals surface area contributed by atoms with E-state index >= 15 is 0 Å². The van der Waals surface area contributed by atoms with Crippen molar-refractivity contribution in [2.45, 2.75) is 33.6 Å². The van der Waals surface area contributed by atoms with Gasteiger partial charge in [0.25, 0.3) is 5.91 Å². The van der Waals surface area contributed by atoms with Crippen LogP contribution in [-0.4, -0.2) is 18.2 Å². The summed E-state index contributed by atoms with van der Waals surface area (Å²) in [5, 5.41) is 0. The van der Waals surface area contributed by atoms with E-state index in [1.807, 2.05) is 24.3 Å². The lowest BCUT2D eigenvalue weighted by Gasteiger charge is -2.30. The Morgan fingerprint density at radius 1 is 1.17 bits per heavy atom. The summed E-state index contributed by atoms with van der Waals surface area (Å²) in [6, 6.07) is 7.82. The normalized spacial score (nSPS) is 15.2. The second-order valence-electron chi connectivity index (χ2n) is 5.77. The lowest BCUT2D eigenvalue weighted by molar-refractivity contribution is -0.141. The highest BCUT2D eigenvalue weighted by atomic mass is 16.2. The van der Waals surface area contributed by atoms with Gasteiger partial charge in [0.05, 0.1) is 0 Å².